The maximum absolute atomic E-state index is 11.8. The number of nitrogens with one attached hydrogen (secondary N) is 2. The van der Waals surface area contributed by atoms with Gasteiger partial charge in [0.05, 0.1) is 20.4 Å². The third kappa shape index (κ3) is 4.35. The van der Waals surface area contributed by atoms with E-state index in [2.05, 4.69) is 20.6 Å². The van der Waals surface area contributed by atoms with E-state index < -0.39 is 12.2 Å². The van der Waals surface area contributed by atoms with Crippen LogP contribution in [0.5, 0.6) is 0 Å². The van der Waals surface area contributed by atoms with Crippen LogP contribution >= 0.6 is 22.7 Å². The van der Waals surface area contributed by atoms with E-state index in [0.717, 1.165) is 20.4 Å². The zero-order chi connectivity index (χ0) is 19.3. The summed E-state index contributed by atoms with van der Waals surface area (Å²) in [6.45, 7) is -0.159. The molecule has 0 radical (unpaired) electrons. The SMILES string of the molecule is O=C(Nc1nc2ccccc2s1)OCCOC(=O)Nc1nc2ccccc2s1. The summed E-state index contributed by atoms with van der Waals surface area (Å²) in [6, 6.07) is 15.1. The van der Waals surface area contributed by atoms with E-state index in [4.69, 9.17) is 9.47 Å². The standard InChI is InChI=1S/C18H14N4O4S2/c23-17(21-15-19-11-5-1-3-7-13(11)27-15)25-9-10-26-18(24)22-16-20-12-6-2-4-8-14(12)28-16/h1-8H,9-10H2,(H,19,21,23)(H,20,22,24). The number of carbonyl (C=O) groups excluding carboxylic acids is 2. The molecule has 2 amide bonds. The van der Waals surface area contributed by atoms with Crippen molar-refractivity contribution in [3.63, 3.8) is 0 Å². The highest BCUT2D eigenvalue weighted by Gasteiger charge is 2.10. The van der Waals surface area contributed by atoms with Crippen LogP contribution in [0.2, 0.25) is 0 Å². The van der Waals surface area contributed by atoms with Gasteiger partial charge < -0.3 is 9.47 Å². The zero-order valence-corrected chi connectivity index (χ0v) is 16.0. The summed E-state index contributed by atoms with van der Waals surface area (Å²) in [5, 5.41) is 6.00. The Labute approximate surface area is 167 Å². The number of ether oxygens (including phenoxy) is 2. The number of para-hydroxylation sites is 2. The second kappa shape index (κ2) is 8.19. The van der Waals surface area contributed by atoms with Crippen molar-refractivity contribution < 1.29 is 19.1 Å². The second-order valence-electron chi connectivity index (χ2n) is 5.50. The Kier molecular flexibility index (Phi) is 5.31. The van der Waals surface area contributed by atoms with Crippen LogP contribution in [0.15, 0.2) is 48.5 Å². The minimum absolute atomic E-state index is 0.0794. The van der Waals surface area contributed by atoms with Gasteiger partial charge in [0.15, 0.2) is 10.3 Å². The Morgan fingerprint density at radius 2 is 1.18 bits per heavy atom. The Balaban J connectivity index is 1.19. The fraction of sp³-hybridized carbons (Fsp3) is 0.111. The van der Waals surface area contributed by atoms with Gasteiger partial charge in [0.2, 0.25) is 0 Å². The third-order valence-corrected chi connectivity index (χ3v) is 5.46. The van der Waals surface area contributed by atoms with Crippen molar-refractivity contribution in [2.24, 2.45) is 0 Å². The molecule has 4 rings (SSSR count). The van der Waals surface area contributed by atoms with Crippen LogP contribution < -0.4 is 10.6 Å². The van der Waals surface area contributed by atoms with E-state index >= 15 is 0 Å². The van der Waals surface area contributed by atoms with Crippen molar-refractivity contribution in [2.75, 3.05) is 23.8 Å². The molecule has 8 nitrogen and oxygen atoms in total. The number of hydrogen-bond acceptors (Lipinski definition) is 8. The Hall–Kier alpha value is -3.24. The van der Waals surface area contributed by atoms with Crippen LogP contribution in [0.4, 0.5) is 19.9 Å². The number of hydrogen-bond donors (Lipinski definition) is 2. The topological polar surface area (TPSA) is 102 Å². The number of rotatable bonds is 5. The van der Waals surface area contributed by atoms with Crippen LogP contribution in [-0.2, 0) is 9.47 Å². The zero-order valence-electron chi connectivity index (χ0n) is 14.4. The largest absolute Gasteiger partial charge is 0.446 e. The fourth-order valence-corrected chi connectivity index (χ4v) is 4.07. The smallest absolute Gasteiger partial charge is 0.413 e. The summed E-state index contributed by atoms with van der Waals surface area (Å²) in [5.74, 6) is 0. The minimum atomic E-state index is -0.658. The molecule has 10 heteroatoms. The number of aromatic nitrogens is 2. The lowest BCUT2D eigenvalue weighted by molar-refractivity contribution is 0.110. The van der Waals surface area contributed by atoms with Gasteiger partial charge in [-0.15, -0.1) is 0 Å². The summed E-state index contributed by atoms with van der Waals surface area (Å²) in [4.78, 5) is 32.1. The molecule has 2 N–H and O–H groups in total. The molecular weight excluding hydrogens is 400 g/mol. The molecule has 0 aliphatic heterocycles. The molecule has 0 fully saturated rings. The van der Waals surface area contributed by atoms with Gasteiger partial charge in [-0.05, 0) is 24.3 Å². The van der Waals surface area contributed by atoms with Gasteiger partial charge >= 0.3 is 12.2 Å². The summed E-state index contributed by atoms with van der Waals surface area (Å²) >= 11 is 2.70. The molecule has 4 aromatic rings. The average molecular weight is 414 g/mol. The maximum atomic E-state index is 11.8. The molecule has 0 bridgehead atoms. The Morgan fingerprint density at radius 3 is 1.61 bits per heavy atom. The summed E-state index contributed by atoms with van der Waals surface area (Å²) in [6.07, 6.45) is -1.32. The van der Waals surface area contributed by atoms with Crippen LogP contribution in [0, 0.1) is 0 Å². The molecular formula is C18H14N4O4S2. The molecule has 2 aromatic carbocycles. The van der Waals surface area contributed by atoms with Gasteiger partial charge in [0.25, 0.3) is 0 Å². The van der Waals surface area contributed by atoms with Crippen molar-refractivity contribution in [2.45, 2.75) is 0 Å². The summed E-state index contributed by atoms with van der Waals surface area (Å²) in [5.41, 5.74) is 1.61. The van der Waals surface area contributed by atoms with Gasteiger partial charge in [-0.3, -0.25) is 10.6 Å². The van der Waals surface area contributed by atoms with Gasteiger partial charge in [-0.2, -0.15) is 0 Å². The number of nitrogens with zero attached hydrogens (tertiary/aromatic N) is 2. The van der Waals surface area contributed by atoms with Crippen LogP contribution in [0.3, 0.4) is 0 Å². The van der Waals surface area contributed by atoms with Crippen molar-refractivity contribution in [3.8, 4) is 0 Å². The van der Waals surface area contributed by atoms with Crippen molar-refractivity contribution in [1.29, 1.82) is 0 Å². The van der Waals surface area contributed by atoms with E-state index in [9.17, 15) is 9.59 Å². The van der Waals surface area contributed by atoms with Crippen molar-refractivity contribution in [1.82, 2.24) is 9.97 Å². The van der Waals surface area contributed by atoms with Crippen molar-refractivity contribution in [3.05, 3.63) is 48.5 Å². The molecule has 0 saturated heterocycles. The Morgan fingerprint density at radius 1 is 0.750 bits per heavy atom. The minimum Gasteiger partial charge on any atom is -0.446 e. The number of fused-ring (bicyclic) bond motifs is 2. The highest BCUT2D eigenvalue weighted by Crippen LogP contribution is 2.26. The predicted octanol–water partition coefficient (Wildman–Crippen LogP) is 4.70. The van der Waals surface area contributed by atoms with Gasteiger partial charge in [-0.25, -0.2) is 19.6 Å². The molecule has 28 heavy (non-hydrogen) atoms. The molecule has 0 aliphatic carbocycles. The lowest BCUT2D eigenvalue weighted by atomic mass is 10.3. The number of benzene rings is 2. The van der Waals surface area contributed by atoms with E-state index in [-0.39, 0.29) is 13.2 Å². The molecule has 0 unspecified atom stereocenters. The first kappa shape index (κ1) is 18.1. The fourth-order valence-electron chi connectivity index (χ4n) is 2.37. The summed E-state index contributed by atoms with van der Waals surface area (Å²) in [7, 11) is 0. The quantitative estimate of drug-likeness (QED) is 0.459. The van der Waals surface area contributed by atoms with Crippen LogP contribution in [-0.4, -0.2) is 35.4 Å². The van der Waals surface area contributed by atoms with E-state index in [0.29, 0.717) is 10.3 Å². The highest BCUT2D eigenvalue weighted by atomic mass is 32.1. The first-order chi connectivity index (χ1) is 13.7. The molecule has 2 aromatic heterocycles. The average Bonchev–Trinajstić information content (AvgIpc) is 3.27. The van der Waals surface area contributed by atoms with Gasteiger partial charge in [-0.1, -0.05) is 46.9 Å². The number of amides is 2. The normalized spacial score (nSPS) is 10.7. The Bertz CT molecular complexity index is 985. The lowest BCUT2D eigenvalue weighted by Crippen LogP contribution is -2.20. The van der Waals surface area contributed by atoms with E-state index in [1.54, 1.807) is 0 Å². The molecule has 0 atom stereocenters. The highest BCUT2D eigenvalue weighted by molar-refractivity contribution is 7.22. The molecule has 0 saturated carbocycles. The lowest BCUT2D eigenvalue weighted by Gasteiger charge is -2.06. The van der Waals surface area contributed by atoms with Crippen LogP contribution in [0.25, 0.3) is 20.4 Å². The molecule has 0 spiro atoms. The second-order valence-corrected chi connectivity index (χ2v) is 7.56. The molecule has 142 valence electrons. The molecule has 2 heterocycles. The van der Waals surface area contributed by atoms with E-state index in [1.165, 1.54) is 22.7 Å². The first-order valence-corrected chi connectivity index (χ1v) is 9.89. The summed E-state index contributed by atoms with van der Waals surface area (Å²) < 4.78 is 11.9. The van der Waals surface area contributed by atoms with Crippen molar-refractivity contribution >= 4 is 65.6 Å². The number of anilines is 2. The predicted molar refractivity (Wildman–Crippen MR) is 109 cm³/mol. The first-order valence-electron chi connectivity index (χ1n) is 8.26. The third-order valence-electron chi connectivity index (χ3n) is 3.56. The van der Waals surface area contributed by atoms with Crippen LogP contribution in [0.1, 0.15) is 0 Å². The number of carbonyl (C=O) groups is 2. The van der Waals surface area contributed by atoms with E-state index in [1.807, 2.05) is 48.5 Å². The molecule has 0 aliphatic rings. The van der Waals surface area contributed by atoms with Gasteiger partial charge in [0.1, 0.15) is 13.2 Å². The van der Waals surface area contributed by atoms with Gasteiger partial charge in [0, 0.05) is 0 Å². The maximum Gasteiger partial charge on any atom is 0.413 e. The monoisotopic (exact) mass is 414 g/mol. The number of thiazole rings is 2.